The molecule has 3 heteroatoms. The molecule has 0 radical (unpaired) electrons. The molecule has 80 valence electrons. The summed E-state index contributed by atoms with van der Waals surface area (Å²) in [6.45, 7) is 7.69. The highest BCUT2D eigenvalue weighted by molar-refractivity contribution is 5.25. The first-order valence-corrected chi connectivity index (χ1v) is 5.12. The molecule has 1 rings (SSSR count). The van der Waals surface area contributed by atoms with Crippen LogP contribution in [0.5, 0.6) is 0 Å². The summed E-state index contributed by atoms with van der Waals surface area (Å²) in [7, 11) is 3.99. The lowest BCUT2D eigenvalue weighted by molar-refractivity contribution is 0.573. The molecule has 0 aliphatic carbocycles. The fraction of sp³-hybridized carbons (Fsp3) is 0.727. The van der Waals surface area contributed by atoms with Gasteiger partial charge in [-0.1, -0.05) is 20.8 Å². The third-order valence-corrected chi connectivity index (χ3v) is 2.48. The minimum Gasteiger partial charge on any atom is -0.319 e. The van der Waals surface area contributed by atoms with E-state index in [-0.39, 0.29) is 5.41 Å². The maximum Gasteiger partial charge on any atom is 0.0529 e. The summed E-state index contributed by atoms with van der Waals surface area (Å²) in [5.74, 6) is 0. The molecule has 3 nitrogen and oxygen atoms in total. The number of aromatic nitrogens is 2. The van der Waals surface area contributed by atoms with Crippen LogP contribution in [-0.2, 0) is 18.9 Å². The van der Waals surface area contributed by atoms with Crippen molar-refractivity contribution in [1.29, 1.82) is 0 Å². The van der Waals surface area contributed by atoms with Gasteiger partial charge in [-0.15, -0.1) is 0 Å². The minimum atomic E-state index is 0.192. The van der Waals surface area contributed by atoms with Crippen molar-refractivity contribution < 1.29 is 0 Å². The molecule has 0 amide bonds. The summed E-state index contributed by atoms with van der Waals surface area (Å²) >= 11 is 0. The van der Waals surface area contributed by atoms with Crippen molar-refractivity contribution in [2.75, 3.05) is 13.6 Å². The van der Waals surface area contributed by atoms with Gasteiger partial charge in [-0.2, -0.15) is 5.10 Å². The van der Waals surface area contributed by atoms with E-state index in [1.807, 2.05) is 25.0 Å². The van der Waals surface area contributed by atoms with Crippen LogP contribution in [0.1, 0.15) is 32.0 Å². The zero-order chi connectivity index (χ0) is 10.8. The Bertz CT molecular complexity index is 294. The van der Waals surface area contributed by atoms with Gasteiger partial charge in [0.15, 0.2) is 0 Å². The van der Waals surface area contributed by atoms with E-state index in [2.05, 4.69) is 31.2 Å². The molecule has 0 aliphatic rings. The van der Waals surface area contributed by atoms with Gasteiger partial charge in [-0.3, -0.25) is 4.68 Å². The average Bonchev–Trinajstić information content (AvgIpc) is 2.42. The Kier molecular flexibility index (Phi) is 3.32. The number of rotatable bonds is 3. The van der Waals surface area contributed by atoms with Crippen LogP contribution in [0.15, 0.2) is 6.20 Å². The van der Waals surface area contributed by atoms with Gasteiger partial charge in [0.25, 0.3) is 0 Å². The lowest BCUT2D eigenvalue weighted by Crippen LogP contribution is -2.18. The maximum absolute atomic E-state index is 4.32. The van der Waals surface area contributed by atoms with Crippen LogP contribution in [0.4, 0.5) is 0 Å². The van der Waals surface area contributed by atoms with Crippen LogP contribution in [0, 0.1) is 0 Å². The van der Waals surface area contributed by atoms with Crippen molar-refractivity contribution >= 4 is 0 Å². The highest BCUT2D eigenvalue weighted by atomic mass is 15.3. The van der Waals surface area contributed by atoms with E-state index in [0.717, 1.165) is 13.0 Å². The van der Waals surface area contributed by atoms with Crippen molar-refractivity contribution in [1.82, 2.24) is 15.1 Å². The quantitative estimate of drug-likeness (QED) is 0.791. The highest BCUT2D eigenvalue weighted by Crippen LogP contribution is 2.25. The van der Waals surface area contributed by atoms with E-state index in [1.54, 1.807) is 0 Å². The fourth-order valence-electron chi connectivity index (χ4n) is 1.63. The Hall–Kier alpha value is -0.830. The van der Waals surface area contributed by atoms with Crippen LogP contribution in [0.3, 0.4) is 0 Å². The second kappa shape index (κ2) is 4.13. The summed E-state index contributed by atoms with van der Waals surface area (Å²) in [5, 5.41) is 7.50. The molecule has 0 aliphatic heterocycles. The number of aryl methyl sites for hydroxylation is 1. The van der Waals surface area contributed by atoms with E-state index in [1.165, 1.54) is 11.3 Å². The molecule has 0 spiro atoms. The fourth-order valence-corrected chi connectivity index (χ4v) is 1.63. The first kappa shape index (κ1) is 11.2. The molecule has 0 saturated heterocycles. The molecule has 1 aromatic rings. The molecule has 1 N–H and O–H groups in total. The Morgan fingerprint density at radius 3 is 2.57 bits per heavy atom. The van der Waals surface area contributed by atoms with Gasteiger partial charge >= 0.3 is 0 Å². The lowest BCUT2D eigenvalue weighted by Gasteiger charge is -2.19. The van der Waals surface area contributed by atoms with Crippen LogP contribution < -0.4 is 5.32 Å². The van der Waals surface area contributed by atoms with Crippen molar-refractivity contribution in [3.63, 3.8) is 0 Å². The summed E-state index contributed by atoms with van der Waals surface area (Å²) in [6, 6.07) is 0. The Morgan fingerprint density at radius 1 is 1.43 bits per heavy atom. The second-order valence-electron chi connectivity index (χ2n) is 4.73. The molecule has 0 aromatic carbocycles. The predicted octanol–water partition coefficient (Wildman–Crippen LogP) is 1.48. The zero-order valence-corrected chi connectivity index (χ0v) is 9.89. The lowest BCUT2D eigenvalue weighted by atomic mass is 9.86. The van der Waals surface area contributed by atoms with E-state index in [4.69, 9.17) is 0 Å². The summed E-state index contributed by atoms with van der Waals surface area (Å²) < 4.78 is 1.98. The zero-order valence-electron chi connectivity index (χ0n) is 9.89. The smallest absolute Gasteiger partial charge is 0.0529 e. The molecule has 14 heavy (non-hydrogen) atoms. The number of likely N-dealkylation sites (N-methyl/N-ethyl adjacent to an activating group) is 1. The Balaban J connectivity index is 2.94. The van der Waals surface area contributed by atoms with Crippen LogP contribution in [0.25, 0.3) is 0 Å². The third-order valence-electron chi connectivity index (χ3n) is 2.48. The standard InChI is InChI=1S/C11H21N3/c1-11(2,3)9-8-13-14(5)10(9)6-7-12-4/h8,12H,6-7H2,1-5H3. The molecule has 1 aromatic heterocycles. The van der Waals surface area contributed by atoms with E-state index in [9.17, 15) is 0 Å². The van der Waals surface area contributed by atoms with Crippen molar-refractivity contribution in [2.45, 2.75) is 32.6 Å². The van der Waals surface area contributed by atoms with E-state index >= 15 is 0 Å². The normalized spacial score (nSPS) is 12.1. The molecular weight excluding hydrogens is 174 g/mol. The molecule has 1 heterocycles. The summed E-state index contributed by atoms with van der Waals surface area (Å²) in [5.41, 5.74) is 2.89. The van der Waals surface area contributed by atoms with Crippen molar-refractivity contribution in [3.8, 4) is 0 Å². The predicted molar refractivity (Wildman–Crippen MR) is 59.5 cm³/mol. The largest absolute Gasteiger partial charge is 0.319 e. The number of hydrogen-bond acceptors (Lipinski definition) is 2. The highest BCUT2D eigenvalue weighted by Gasteiger charge is 2.20. The summed E-state index contributed by atoms with van der Waals surface area (Å²) in [6.07, 6.45) is 3.03. The van der Waals surface area contributed by atoms with E-state index < -0.39 is 0 Å². The van der Waals surface area contributed by atoms with Crippen molar-refractivity contribution in [2.24, 2.45) is 7.05 Å². The average molecular weight is 195 g/mol. The van der Waals surface area contributed by atoms with Gasteiger partial charge in [0.05, 0.1) is 6.20 Å². The monoisotopic (exact) mass is 195 g/mol. The molecule has 0 saturated carbocycles. The topological polar surface area (TPSA) is 29.9 Å². The minimum absolute atomic E-state index is 0.192. The first-order valence-electron chi connectivity index (χ1n) is 5.12. The molecule has 0 fully saturated rings. The molecule has 0 atom stereocenters. The van der Waals surface area contributed by atoms with Crippen LogP contribution >= 0.6 is 0 Å². The van der Waals surface area contributed by atoms with Crippen molar-refractivity contribution in [3.05, 3.63) is 17.5 Å². The van der Waals surface area contributed by atoms with Gasteiger partial charge in [-0.25, -0.2) is 0 Å². The molecule has 0 bridgehead atoms. The van der Waals surface area contributed by atoms with Gasteiger partial charge < -0.3 is 5.32 Å². The van der Waals surface area contributed by atoms with Gasteiger partial charge in [0.2, 0.25) is 0 Å². The SMILES string of the molecule is CNCCc1c(C(C)(C)C)cnn1C. The number of nitrogens with zero attached hydrogens (tertiary/aromatic N) is 2. The van der Waals surface area contributed by atoms with E-state index in [0.29, 0.717) is 0 Å². The number of hydrogen-bond donors (Lipinski definition) is 1. The summed E-state index contributed by atoms with van der Waals surface area (Å²) in [4.78, 5) is 0. The first-order chi connectivity index (χ1) is 6.46. The third kappa shape index (κ3) is 2.35. The van der Waals surface area contributed by atoms with Gasteiger partial charge in [-0.05, 0) is 18.0 Å². The molecule has 0 unspecified atom stereocenters. The van der Waals surface area contributed by atoms with Gasteiger partial charge in [0, 0.05) is 25.7 Å². The number of nitrogens with one attached hydrogen (secondary N) is 1. The maximum atomic E-state index is 4.32. The van der Waals surface area contributed by atoms with Crippen LogP contribution in [0.2, 0.25) is 0 Å². The Labute approximate surface area is 86.5 Å². The molecular formula is C11H21N3. The van der Waals surface area contributed by atoms with Crippen LogP contribution in [-0.4, -0.2) is 23.4 Å². The van der Waals surface area contributed by atoms with Gasteiger partial charge in [0.1, 0.15) is 0 Å². The Morgan fingerprint density at radius 2 is 2.07 bits per heavy atom. The second-order valence-corrected chi connectivity index (χ2v) is 4.73.